The number of fused-ring (bicyclic) bond motifs is 3. The van der Waals surface area contributed by atoms with Crippen LogP contribution in [-0.2, 0) is 5.41 Å². The summed E-state index contributed by atoms with van der Waals surface area (Å²) in [4.78, 5) is 12.8. The van der Waals surface area contributed by atoms with Gasteiger partial charge in [0, 0.05) is 11.8 Å². The minimum atomic E-state index is -0.582. The van der Waals surface area contributed by atoms with E-state index in [1.807, 2.05) is 13.8 Å². The van der Waals surface area contributed by atoms with Crippen molar-refractivity contribution in [1.29, 1.82) is 0 Å². The second kappa shape index (κ2) is 7.94. The zero-order valence-corrected chi connectivity index (χ0v) is 18.0. The molecule has 0 unspecified atom stereocenters. The Morgan fingerprint density at radius 3 is 2.72 bits per heavy atom. The number of hydrogen-bond acceptors (Lipinski definition) is 4. The molecule has 2 atom stereocenters. The minimum Gasteiger partial charge on any atom is -0.504 e. The number of benzene rings is 1. The lowest BCUT2D eigenvalue weighted by atomic mass is 9.75. The summed E-state index contributed by atoms with van der Waals surface area (Å²) in [6.45, 7) is 14.2. The van der Waals surface area contributed by atoms with Crippen LogP contribution in [0.15, 0.2) is 57.3 Å². The Morgan fingerprint density at radius 1 is 1.34 bits per heavy atom. The van der Waals surface area contributed by atoms with Gasteiger partial charge >= 0.3 is 5.63 Å². The van der Waals surface area contributed by atoms with Crippen LogP contribution in [-0.4, -0.2) is 11.2 Å². The molecule has 1 aromatic carbocycles. The largest absolute Gasteiger partial charge is 0.504 e. The predicted molar refractivity (Wildman–Crippen MR) is 118 cm³/mol. The molecule has 0 amide bonds. The number of aryl methyl sites for hydroxylation is 1. The first-order valence-corrected chi connectivity index (χ1v) is 10.1. The minimum absolute atomic E-state index is 0.0648. The van der Waals surface area contributed by atoms with E-state index in [1.54, 1.807) is 12.1 Å². The second-order valence-corrected chi connectivity index (χ2v) is 8.51. The lowest BCUT2D eigenvalue weighted by Gasteiger charge is -2.36. The van der Waals surface area contributed by atoms with Crippen molar-refractivity contribution >= 4 is 11.0 Å². The molecular formula is C25H30O4. The smallest absolute Gasteiger partial charge is 0.344 e. The molecule has 2 heterocycles. The second-order valence-electron chi connectivity index (χ2n) is 8.51. The summed E-state index contributed by atoms with van der Waals surface area (Å²) in [5, 5.41) is 10.9. The van der Waals surface area contributed by atoms with E-state index in [2.05, 4.69) is 39.5 Å². The monoisotopic (exact) mass is 394 g/mol. The quantitative estimate of drug-likeness (QED) is 0.492. The standard InChI is InChI=1S/C25H30O4/c1-7-25(6)14-18(13-16(4)10-8-9-15(2)3)28-23-20-17(5)11-12-19(26)22(20)29-24(27)21(23)25/h7,9,11-13,18,26H,1,8,10,14H2,2-6H3/b16-13+/t18-,25+/m1/s1. The molecule has 4 heteroatoms. The van der Waals surface area contributed by atoms with Gasteiger partial charge in [0.2, 0.25) is 0 Å². The number of phenolic OH excluding ortho intramolecular Hbond substituents is 1. The van der Waals surface area contributed by atoms with Gasteiger partial charge in [-0.05, 0) is 58.2 Å². The number of phenols is 1. The normalized spacial score (nSPS) is 21.4. The number of allylic oxidation sites excluding steroid dienone is 4. The third kappa shape index (κ3) is 4.02. The van der Waals surface area contributed by atoms with Gasteiger partial charge in [-0.1, -0.05) is 36.3 Å². The first kappa shape index (κ1) is 21.0. The fourth-order valence-corrected chi connectivity index (χ4v) is 4.01. The molecule has 0 aliphatic carbocycles. The van der Waals surface area contributed by atoms with Crippen LogP contribution in [0.4, 0.5) is 0 Å². The van der Waals surface area contributed by atoms with Crippen molar-refractivity contribution in [1.82, 2.24) is 0 Å². The fourth-order valence-electron chi connectivity index (χ4n) is 4.01. The number of rotatable bonds is 5. The van der Waals surface area contributed by atoms with Crippen molar-refractivity contribution in [2.75, 3.05) is 0 Å². The molecule has 0 bridgehead atoms. The van der Waals surface area contributed by atoms with Gasteiger partial charge in [-0.25, -0.2) is 4.79 Å². The Bertz CT molecular complexity index is 1070. The van der Waals surface area contributed by atoms with E-state index >= 15 is 0 Å². The van der Waals surface area contributed by atoms with Crippen LogP contribution in [0.25, 0.3) is 11.0 Å². The van der Waals surface area contributed by atoms with Crippen LogP contribution in [0.5, 0.6) is 11.5 Å². The van der Waals surface area contributed by atoms with Gasteiger partial charge in [-0.2, -0.15) is 0 Å². The molecule has 0 fully saturated rings. The highest BCUT2D eigenvalue weighted by atomic mass is 16.5. The highest BCUT2D eigenvalue weighted by molar-refractivity contribution is 5.92. The van der Waals surface area contributed by atoms with Crippen LogP contribution in [0.1, 0.15) is 58.1 Å². The number of ether oxygens (including phenoxy) is 1. The average Bonchev–Trinajstić information content (AvgIpc) is 2.64. The van der Waals surface area contributed by atoms with E-state index in [9.17, 15) is 9.90 Å². The Kier molecular flexibility index (Phi) is 5.74. The lowest BCUT2D eigenvalue weighted by Crippen LogP contribution is -2.38. The van der Waals surface area contributed by atoms with Crippen molar-refractivity contribution in [3.8, 4) is 11.5 Å². The van der Waals surface area contributed by atoms with E-state index in [0.29, 0.717) is 23.1 Å². The van der Waals surface area contributed by atoms with Gasteiger partial charge in [-0.3, -0.25) is 0 Å². The molecule has 4 nitrogen and oxygen atoms in total. The van der Waals surface area contributed by atoms with E-state index < -0.39 is 11.0 Å². The molecular weight excluding hydrogens is 364 g/mol. The van der Waals surface area contributed by atoms with Gasteiger partial charge in [0.15, 0.2) is 11.3 Å². The highest BCUT2D eigenvalue weighted by Gasteiger charge is 2.40. The zero-order chi connectivity index (χ0) is 21.3. The highest BCUT2D eigenvalue weighted by Crippen LogP contribution is 2.46. The summed E-state index contributed by atoms with van der Waals surface area (Å²) in [5.41, 5.74) is 3.02. The van der Waals surface area contributed by atoms with Gasteiger partial charge in [0.1, 0.15) is 11.9 Å². The van der Waals surface area contributed by atoms with Crippen LogP contribution in [0.3, 0.4) is 0 Å². The molecule has 1 aromatic heterocycles. The topological polar surface area (TPSA) is 59.7 Å². The molecule has 3 rings (SSSR count). The number of hydrogen-bond donors (Lipinski definition) is 1. The van der Waals surface area contributed by atoms with Crippen LogP contribution in [0, 0.1) is 6.92 Å². The number of aromatic hydroxyl groups is 1. The maximum Gasteiger partial charge on any atom is 0.344 e. The van der Waals surface area contributed by atoms with E-state index in [0.717, 1.165) is 18.4 Å². The van der Waals surface area contributed by atoms with Crippen molar-refractivity contribution in [3.63, 3.8) is 0 Å². The maximum absolute atomic E-state index is 12.8. The zero-order valence-electron chi connectivity index (χ0n) is 18.0. The van der Waals surface area contributed by atoms with Gasteiger partial charge < -0.3 is 14.3 Å². The van der Waals surface area contributed by atoms with Crippen molar-refractivity contribution < 1.29 is 14.3 Å². The summed E-state index contributed by atoms with van der Waals surface area (Å²) >= 11 is 0. The maximum atomic E-state index is 12.8. The summed E-state index contributed by atoms with van der Waals surface area (Å²) < 4.78 is 11.9. The summed E-state index contributed by atoms with van der Waals surface area (Å²) in [7, 11) is 0. The van der Waals surface area contributed by atoms with E-state index in [4.69, 9.17) is 9.15 Å². The molecule has 1 aliphatic heterocycles. The van der Waals surface area contributed by atoms with Gasteiger partial charge in [0.05, 0.1) is 10.9 Å². The van der Waals surface area contributed by atoms with E-state index in [1.165, 1.54) is 17.2 Å². The third-order valence-electron chi connectivity index (χ3n) is 5.68. The van der Waals surface area contributed by atoms with Crippen molar-refractivity contribution in [2.45, 2.75) is 65.4 Å². The molecule has 0 spiro atoms. The molecule has 0 saturated carbocycles. The molecule has 0 radical (unpaired) electrons. The molecule has 29 heavy (non-hydrogen) atoms. The Labute approximate surface area is 172 Å². The molecule has 1 aliphatic rings. The fraction of sp³-hybridized carbons (Fsp3) is 0.400. The summed E-state index contributed by atoms with van der Waals surface area (Å²) in [6, 6.07) is 3.34. The SMILES string of the molecule is C=C[C@@]1(C)C[C@@H](/C=C(\C)CCC=C(C)C)Oc2c1c(=O)oc1c(O)ccc(C)c21. The van der Waals surface area contributed by atoms with E-state index in [-0.39, 0.29) is 17.4 Å². The lowest BCUT2D eigenvalue weighted by molar-refractivity contribution is 0.181. The van der Waals surface area contributed by atoms with Crippen molar-refractivity contribution in [3.05, 3.63) is 69.6 Å². The van der Waals surface area contributed by atoms with Gasteiger partial charge in [0.25, 0.3) is 0 Å². The Balaban J connectivity index is 2.12. The van der Waals surface area contributed by atoms with Gasteiger partial charge in [-0.15, -0.1) is 6.58 Å². The molecule has 2 aromatic rings. The first-order chi connectivity index (χ1) is 13.7. The Hall–Kier alpha value is -2.75. The van der Waals surface area contributed by atoms with Crippen LogP contribution >= 0.6 is 0 Å². The average molecular weight is 395 g/mol. The predicted octanol–water partition coefficient (Wildman–Crippen LogP) is 6.09. The van der Waals surface area contributed by atoms with Crippen molar-refractivity contribution in [2.24, 2.45) is 0 Å². The molecule has 154 valence electrons. The molecule has 0 saturated heterocycles. The first-order valence-electron chi connectivity index (χ1n) is 10.1. The third-order valence-corrected chi connectivity index (χ3v) is 5.68. The van der Waals surface area contributed by atoms with Crippen LogP contribution < -0.4 is 10.4 Å². The van der Waals surface area contributed by atoms with Crippen LogP contribution in [0.2, 0.25) is 0 Å². The summed E-state index contributed by atoms with van der Waals surface area (Å²) in [6.07, 6.45) is 8.54. The molecule has 1 N–H and O–H groups in total. The summed E-state index contributed by atoms with van der Waals surface area (Å²) in [5.74, 6) is 0.432. The Morgan fingerprint density at radius 2 is 2.07 bits per heavy atom.